The van der Waals surface area contributed by atoms with Gasteiger partial charge in [0, 0.05) is 6.42 Å². The molecule has 0 spiro atoms. The van der Waals surface area contributed by atoms with E-state index in [1.54, 1.807) is 12.1 Å². The van der Waals surface area contributed by atoms with Gasteiger partial charge in [-0.05, 0) is 37.3 Å². The average molecular weight is 328 g/mol. The van der Waals surface area contributed by atoms with Gasteiger partial charge in [0.05, 0.1) is 18.6 Å². The molecule has 0 aliphatic rings. The van der Waals surface area contributed by atoms with E-state index in [2.05, 4.69) is 4.74 Å². The van der Waals surface area contributed by atoms with Crippen LogP contribution >= 0.6 is 0 Å². The van der Waals surface area contributed by atoms with E-state index in [4.69, 9.17) is 4.18 Å². The zero-order valence-corrected chi connectivity index (χ0v) is 14.4. The highest BCUT2D eigenvalue weighted by Gasteiger charge is 2.22. The van der Waals surface area contributed by atoms with Crippen molar-refractivity contribution in [2.75, 3.05) is 13.7 Å². The lowest BCUT2D eigenvalue weighted by Crippen LogP contribution is -2.18. The Hall–Kier alpha value is -1.40. The predicted octanol–water partition coefficient (Wildman–Crippen LogP) is 3.07. The number of ether oxygens (including phenoxy) is 1. The Morgan fingerprint density at radius 3 is 2.27 bits per heavy atom. The van der Waals surface area contributed by atoms with Crippen LogP contribution in [0.1, 0.15) is 38.7 Å². The highest BCUT2D eigenvalue weighted by Crippen LogP contribution is 2.27. The zero-order chi connectivity index (χ0) is 16.8. The molecule has 124 valence electrons. The molecule has 0 atom stereocenters. The van der Waals surface area contributed by atoms with Crippen molar-refractivity contribution in [1.82, 2.24) is 0 Å². The summed E-state index contributed by atoms with van der Waals surface area (Å²) < 4.78 is 33.8. The number of carbonyl (C=O) groups is 1. The molecule has 22 heavy (non-hydrogen) atoms. The summed E-state index contributed by atoms with van der Waals surface area (Å²) in [6, 6.07) is 6.53. The number of rotatable bonds is 8. The van der Waals surface area contributed by atoms with Gasteiger partial charge in [-0.15, -0.1) is 0 Å². The van der Waals surface area contributed by atoms with Gasteiger partial charge in [0.1, 0.15) is 0 Å². The average Bonchev–Trinajstić information content (AvgIpc) is 2.45. The molecule has 5 nitrogen and oxygen atoms in total. The Morgan fingerprint density at radius 1 is 1.14 bits per heavy atom. The van der Waals surface area contributed by atoms with Crippen molar-refractivity contribution in [1.29, 1.82) is 0 Å². The number of benzene rings is 1. The maximum absolute atomic E-state index is 12.0. The molecule has 0 unspecified atom stereocenters. The molecule has 1 aromatic rings. The molecule has 0 saturated carbocycles. The van der Waals surface area contributed by atoms with E-state index in [-0.39, 0.29) is 22.9 Å². The van der Waals surface area contributed by atoms with Crippen LogP contribution in [0.4, 0.5) is 0 Å². The Labute approximate surface area is 132 Å². The van der Waals surface area contributed by atoms with Gasteiger partial charge in [0.25, 0.3) is 10.1 Å². The van der Waals surface area contributed by atoms with E-state index < -0.39 is 10.1 Å². The minimum atomic E-state index is -3.73. The van der Waals surface area contributed by atoms with Crippen LogP contribution in [0.2, 0.25) is 0 Å². The maximum Gasteiger partial charge on any atom is 0.305 e. The third-order valence-electron chi connectivity index (χ3n) is 3.56. The molecule has 0 radical (unpaired) electrons. The Kier molecular flexibility index (Phi) is 6.56. The van der Waals surface area contributed by atoms with Crippen LogP contribution in [0.25, 0.3) is 0 Å². The van der Waals surface area contributed by atoms with E-state index in [0.717, 1.165) is 5.56 Å². The van der Waals surface area contributed by atoms with Crippen LogP contribution in [-0.4, -0.2) is 28.1 Å². The van der Waals surface area contributed by atoms with Gasteiger partial charge in [0.2, 0.25) is 0 Å². The molecular formula is C16H24O5S. The van der Waals surface area contributed by atoms with Crippen molar-refractivity contribution < 1.29 is 22.1 Å². The molecule has 0 N–H and O–H groups in total. The number of aryl methyl sites for hydroxylation is 1. The molecule has 0 fully saturated rings. The Bertz CT molecular complexity index is 587. The first kappa shape index (κ1) is 18.6. The van der Waals surface area contributed by atoms with Gasteiger partial charge >= 0.3 is 5.97 Å². The van der Waals surface area contributed by atoms with Crippen LogP contribution in [-0.2, 0) is 23.8 Å². The molecular weight excluding hydrogens is 304 g/mol. The first-order valence-corrected chi connectivity index (χ1v) is 8.60. The fourth-order valence-electron chi connectivity index (χ4n) is 1.87. The topological polar surface area (TPSA) is 69.7 Å². The number of carbonyl (C=O) groups excluding carboxylic acids is 1. The fraction of sp³-hybridized carbons (Fsp3) is 0.562. The molecule has 0 bridgehead atoms. The number of hydrogen-bond acceptors (Lipinski definition) is 5. The van der Waals surface area contributed by atoms with E-state index in [0.29, 0.717) is 19.3 Å². The second kappa shape index (κ2) is 7.74. The Balaban J connectivity index is 2.51. The minimum absolute atomic E-state index is 0.0877. The normalized spacial score (nSPS) is 12.2. The van der Waals surface area contributed by atoms with Crippen molar-refractivity contribution >= 4 is 16.1 Å². The van der Waals surface area contributed by atoms with Gasteiger partial charge in [-0.25, -0.2) is 0 Å². The molecule has 6 heteroatoms. The molecule has 0 amide bonds. The predicted molar refractivity (Wildman–Crippen MR) is 84.0 cm³/mol. The third-order valence-corrected chi connectivity index (χ3v) is 4.89. The summed E-state index contributed by atoms with van der Waals surface area (Å²) in [6.07, 6.45) is 1.47. The highest BCUT2D eigenvalue weighted by molar-refractivity contribution is 7.86. The first-order chi connectivity index (χ1) is 10.2. The summed E-state index contributed by atoms with van der Waals surface area (Å²) in [4.78, 5) is 11.3. The van der Waals surface area contributed by atoms with Gasteiger partial charge in [-0.1, -0.05) is 31.5 Å². The van der Waals surface area contributed by atoms with Crippen LogP contribution in [0.15, 0.2) is 29.2 Å². The largest absolute Gasteiger partial charge is 0.469 e. The van der Waals surface area contributed by atoms with Crippen molar-refractivity contribution in [2.45, 2.75) is 44.9 Å². The molecule has 0 aliphatic carbocycles. The summed E-state index contributed by atoms with van der Waals surface area (Å²) in [5, 5.41) is 0. The molecule has 1 aromatic carbocycles. The molecule has 1 rings (SSSR count). The monoisotopic (exact) mass is 328 g/mol. The van der Waals surface area contributed by atoms with Crippen molar-refractivity contribution in [3.8, 4) is 0 Å². The van der Waals surface area contributed by atoms with E-state index in [1.807, 2.05) is 20.8 Å². The molecule has 0 heterocycles. The van der Waals surface area contributed by atoms with Crippen molar-refractivity contribution in [3.05, 3.63) is 29.8 Å². The second-order valence-electron chi connectivity index (χ2n) is 6.08. The zero-order valence-electron chi connectivity index (χ0n) is 13.6. The van der Waals surface area contributed by atoms with Crippen LogP contribution in [0.5, 0.6) is 0 Å². The first-order valence-electron chi connectivity index (χ1n) is 7.19. The summed E-state index contributed by atoms with van der Waals surface area (Å²) in [7, 11) is -2.37. The van der Waals surface area contributed by atoms with E-state index in [1.165, 1.54) is 19.2 Å². The number of esters is 1. The summed E-state index contributed by atoms with van der Waals surface area (Å²) in [5.74, 6) is -0.263. The third kappa shape index (κ3) is 6.15. The highest BCUT2D eigenvalue weighted by atomic mass is 32.2. The summed E-state index contributed by atoms with van der Waals surface area (Å²) in [5.41, 5.74) is 0.791. The van der Waals surface area contributed by atoms with Crippen molar-refractivity contribution in [2.24, 2.45) is 5.41 Å². The number of methoxy groups -OCH3 is 1. The SMILES string of the molecule is COC(=O)CCC(C)(C)CCOS(=O)(=O)c1ccc(C)cc1. The van der Waals surface area contributed by atoms with Gasteiger partial charge in [-0.2, -0.15) is 8.42 Å². The lowest BCUT2D eigenvalue weighted by atomic mass is 9.85. The van der Waals surface area contributed by atoms with E-state index in [9.17, 15) is 13.2 Å². The maximum atomic E-state index is 12.0. The van der Waals surface area contributed by atoms with Gasteiger partial charge in [0.15, 0.2) is 0 Å². The van der Waals surface area contributed by atoms with Crippen LogP contribution in [0.3, 0.4) is 0 Å². The standard InChI is InChI=1S/C16H24O5S/c1-13-5-7-14(8-6-13)22(18,19)21-12-11-16(2,3)10-9-15(17)20-4/h5-8H,9-12H2,1-4H3. The molecule has 0 saturated heterocycles. The quantitative estimate of drug-likeness (QED) is 0.542. The fourth-order valence-corrected chi connectivity index (χ4v) is 2.78. The summed E-state index contributed by atoms with van der Waals surface area (Å²) >= 11 is 0. The molecule has 0 aliphatic heterocycles. The van der Waals surface area contributed by atoms with Crippen molar-refractivity contribution in [3.63, 3.8) is 0 Å². The lowest BCUT2D eigenvalue weighted by Gasteiger charge is -2.23. The second-order valence-corrected chi connectivity index (χ2v) is 7.69. The summed E-state index contributed by atoms with van der Waals surface area (Å²) in [6.45, 7) is 5.92. The minimum Gasteiger partial charge on any atom is -0.469 e. The van der Waals surface area contributed by atoms with Gasteiger partial charge < -0.3 is 4.74 Å². The van der Waals surface area contributed by atoms with Crippen LogP contribution in [0, 0.1) is 12.3 Å². The molecule has 0 aromatic heterocycles. The Morgan fingerprint density at radius 2 is 1.73 bits per heavy atom. The smallest absolute Gasteiger partial charge is 0.305 e. The lowest BCUT2D eigenvalue weighted by molar-refractivity contribution is -0.141. The van der Waals surface area contributed by atoms with Gasteiger partial charge in [-0.3, -0.25) is 8.98 Å². The van der Waals surface area contributed by atoms with Crippen LogP contribution < -0.4 is 0 Å². The van der Waals surface area contributed by atoms with E-state index >= 15 is 0 Å². The number of hydrogen-bond donors (Lipinski definition) is 0.